The van der Waals surface area contributed by atoms with Crippen LogP contribution in [0.1, 0.15) is 52.7 Å². The quantitative estimate of drug-likeness (QED) is 0.217. The number of nitrogens with one attached hydrogen (secondary N) is 3. The van der Waals surface area contributed by atoms with Crippen LogP contribution in [0.2, 0.25) is 5.02 Å². The number of fused-ring (bicyclic) bond motifs is 7. The number of benzene rings is 4. The van der Waals surface area contributed by atoms with Crippen molar-refractivity contribution in [2.45, 2.75) is 36.1 Å². The van der Waals surface area contributed by atoms with Crippen LogP contribution in [0, 0.1) is 17.8 Å². The molecule has 0 spiro atoms. The average Bonchev–Trinajstić information content (AvgIpc) is 3.60. The number of carbonyl (C=O) groups is 1. The predicted molar refractivity (Wildman–Crippen MR) is 163 cm³/mol. The fraction of sp³-hybridized carbons (Fsp3) is 0.242. The molecule has 0 radical (unpaired) electrons. The van der Waals surface area contributed by atoms with Gasteiger partial charge in [-0.3, -0.25) is 9.52 Å². The molecule has 6 nitrogen and oxygen atoms in total. The van der Waals surface area contributed by atoms with Crippen molar-refractivity contribution in [2.75, 3.05) is 15.4 Å². The van der Waals surface area contributed by atoms with Crippen LogP contribution in [-0.4, -0.2) is 14.3 Å². The number of hydrogen-bond donors (Lipinski definition) is 3. The molecule has 3 N–H and O–H groups in total. The van der Waals surface area contributed by atoms with Crippen LogP contribution in [0.25, 0.3) is 0 Å². The molecule has 0 aromatic heterocycles. The second-order valence-corrected chi connectivity index (χ2v) is 13.5. The molecule has 8 heteroatoms. The van der Waals surface area contributed by atoms with Crippen molar-refractivity contribution in [3.8, 4) is 0 Å². The molecule has 41 heavy (non-hydrogen) atoms. The maximum atomic E-state index is 13.3. The first-order valence-electron chi connectivity index (χ1n) is 14.0. The van der Waals surface area contributed by atoms with Gasteiger partial charge in [-0.15, -0.1) is 0 Å². The van der Waals surface area contributed by atoms with E-state index in [1.807, 2.05) is 12.1 Å². The molecule has 4 aromatic carbocycles. The monoisotopic (exact) mass is 583 g/mol. The Kier molecular flexibility index (Phi) is 6.51. The van der Waals surface area contributed by atoms with Crippen LogP contribution in [-0.2, 0) is 10.0 Å². The molecule has 208 valence electrons. The molecule has 4 aromatic rings. The topological polar surface area (TPSA) is 87.3 Å². The summed E-state index contributed by atoms with van der Waals surface area (Å²) in [6, 6.07) is 29.6. The Labute approximate surface area is 245 Å². The van der Waals surface area contributed by atoms with Crippen LogP contribution in [0.5, 0.6) is 0 Å². The lowest BCUT2D eigenvalue weighted by Gasteiger charge is -2.43. The minimum absolute atomic E-state index is 0.0885. The van der Waals surface area contributed by atoms with E-state index in [0.717, 1.165) is 5.69 Å². The molecule has 2 aliphatic carbocycles. The summed E-state index contributed by atoms with van der Waals surface area (Å²) in [4.78, 5) is 13.4. The van der Waals surface area contributed by atoms with Crippen molar-refractivity contribution in [1.82, 2.24) is 0 Å². The van der Waals surface area contributed by atoms with Gasteiger partial charge in [0, 0.05) is 22.0 Å². The van der Waals surface area contributed by atoms with E-state index in [0.29, 0.717) is 45.6 Å². The summed E-state index contributed by atoms with van der Waals surface area (Å²) >= 11 is 5.97. The Balaban J connectivity index is 1.10. The Bertz CT molecular complexity index is 1730. The fourth-order valence-electron chi connectivity index (χ4n) is 7.30. The lowest BCUT2D eigenvalue weighted by molar-refractivity contribution is 0.102. The molecule has 0 saturated heterocycles. The smallest absolute Gasteiger partial charge is 0.261 e. The number of carbonyl (C=O) groups excluding carboxylic acids is 1. The summed E-state index contributed by atoms with van der Waals surface area (Å²) in [6.07, 6.45) is 3.80. The third-order valence-corrected chi connectivity index (χ3v) is 10.6. The van der Waals surface area contributed by atoms with Gasteiger partial charge in [0.2, 0.25) is 0 Å². The summed E-state index contributed by atoms with van der Waals surface area (Å²) in [7, 11) is -3.80. The van der Waals surface area contributed by atoms with Crippen molar-refractivity contribution in [3.63, 3.8) is 0 Å². The zero-order valence-electron chi connectivity index (χ0n) is 22.3. The highest BCUT2D eigenvalue weighted by Gasteiger charge is 2.53. The summed E-state index contributed by atoms with van der Waals surface area (Å²) in [5, 5.41) is 7.20. The molecule has 5 atom stereocenters. The van der Waals surface area contributed by atoms with Gasteiger partial charge in [-0.25, -0.2) is 8.42 Å². The van der Waals surface area contributed by atoms with Crippen LogP contribution in [0.15, 0.2) is 102 Å². The molecule has 1 amide bonds. The maximum absolute atomic E-state index is 13.3. The second-order valence-electron chi connectivity index (χ2n) is 11.4. The highest BCUT2D eigenvalue weighted by Crippen LogP contribution is 2.63. The van der Waals surface area contributed by atoms with E-state index in [1.165, 1.54) is 42.5 Å². The number of sulfonamides is 1. The normalized spacial score (nSPS) is 24.2. The van der Waals surface area contributed by atoms with Crippen molar-refractivity contribution in [1.29, 1.82) is 0 Å². The molecule has 1 aliphatic heterocycles. The summed E-state index contributed by atoms with van der Waals surface area (Å²) in [6.45, 7) is 0. The molecule has 2 fully saturated rings. The van der Waals surface area contributed by atoms with Crippen LogP contribution in [0.4, 0.5) is 17.1 Å². The Morgan fingerprint density at radius 1 is 0.829 bits per heavy atom. The largest absolute Gasteiger partial charge is 0.378 e. The Hall–Kier alpha value is -3.81. The lowest BCUT2D eigenvalue weighted by Crippen LogP contribution is -2.35. The first-order valence-corrected chi connectivity index (χ1v) is 15.9. The minimum atomic E-state index is -3.80. The van der Waals surface area contributed by atoms with Crippen molar-refractivity contribution < 1.29 is 13.2 Å². The third kappa shape index (κ3) is 4.87. The van der Waals surface area contributed by atoms with Gasteiger partial charge in [-0.1, -0.05) is 48.0 Å². The lowest BCUT2D eigenvalue weighted by atomic mass is 9.68. The number of rotatable bonds is 6. The number of anilines is 3. The highest BCUT2D eigenvalue weighted by atomic mass is 35.5. The van der Waals surface area contributed by atoms with E-state index in [1.54, 1.807) is 36.4 Å². The van der Waals surface area contributed by atoms with Crippen molar-refractivity contribution >= 4 is 44.6 Å². The minimum Gasteiger partial charge on any atom is -0.378 e. The molecular formula is C33H30ClN3O3S. The number of halogens is 1. The van der Waals surface area contributed by atoms with Gasteiger partial charge in [0.1, 0.15) is 0 Å². The molecular weight excluding hydrogens is 554 g/mol. The van der Waals surface area contributed by atoms with E-state index >= 15 is 0 Å². The molecule has 7 rings (SSSR count). The van der Waals surface area contributed by atoms with E-state index in [-0.39, 0.29) is 16.8 Å². The maximum Gasteiger partial charge on any atom is 0.261 e. The molecule has 1 heterocycles. The fourth-order valence-corrected chi connectivity index (χ4v) is 8.54. The van der Waals surface area contributed by atoms with Crippen molar-refractivity contribution in [3.05, 3.63) is 119 Å². The first-order chi connectivity index (χ1) is 19.9. The molecule has 3 aliphatic rings. The van der Waals surface area contributed by atoms with E-state index < -0.39 is 10.0 Å². The van der Waals surface area contributed by atoms with Gasteiger partial charge in [-0.05, 0) is 115 Å². The van der Waals surface area contributed by atoms with Crippen LogP contribution in [0.3, 0.4) is 0 Å². The van der Waals surface area contributed by atoms with E-state index in [9.17, 15) is 13.2 Å². The zero-order valence-corrected chi connectivity index (χ0v) is 23.8. The van der Waals surface area contributed by atoms with Crippen LogP contribution < -0.4 is 15.4 Å². The number of amides is 1. The standard InChI is InChI=1S/C33H30ClN3O3S/c34-24-7-4-8-26(19-24)37-41(39,40)27-14-12-25(13-15-27)35-33(38)23-11-16-29-28(18-23)30-21-9-10-22(17-21)31(30)32(36-29)20-5-2-1-3-6-20/h1-8,11-16,18-19,21-22,30-32,36-37H,9-10,17H2,(H,35,38)/t21-,22-,30-,31+,32+/m0/s1. The summed E-state index contributed by atoms with van der Waals surface area (Å²) < 4.78 is 28.2. The SMILES string of the molecule is O=C(Nc1ccc(S(=O)(=O)Nc2cccc(Cl)c2)cc1)c1ccc2c(c1)[C@@H]1[C@H]3CC[C@@H](C3)[C@H]1[C@@H](c1ccccc1)N2. The van der Waals surface area contributed by atoms with Crippen LogP contribution >= 0.6 is 11.6 Å². The second kappa shape index (κ2) is 10.2. The third-order valence-electron chi connectivity index (χ3n) is 9.01. The molecule has 2 bridgehead atoms. The van der Waals surface area contributed by atoms with Gasteiger partial charge < -0.3 is 10.6 Å². The summed E-state index contributed by atoms with van der Waals surface area (Å²) in [5.74, 6) is 2.11. The predicted octanol–water partition coefficient (Wildman–Crippen LogP) is 7.69. The number of hydrogen-bond acceptors (Lipinski definition) is 4. The van der Waals surface area contributed by atoms with Gasteiger partial charge in [-0.2, -0.15) is 0 Å². The van der Waals surface area contributed by atoms with Gasteiger partial charge >= 0.3 is 0 Å². The Morgan fingerprint density at radius 2 is 1.61 bits per heavy atom. The first kappa shape index (κ1) is 26.1. The highest BCUT2D eigenvalue weighted by molar-refractivity contribution is 7.92. The molecule has 2 saturated carbocycles. The van der Waals surface area contributed by atoms with Gasteiger partial charge in [0.15, 0.2) is 0 Å². The molecule has 0 unspecified atom stereocenters. The van der Waals surface area contributed by atoms with E-state index in [4.69, 9.17) is 11.6 Å². The van der Waals surface area contributed by atoms with Gasteiger partial charge in [0.25, 0.3) is 15.9 Å². The Morgan fingerprint density at radius 3 is 2.39 bits per heavy atom. The average molecular weight is 584 g/mol. The zero-order chi connectivity index (χ0) is 28.1. The van der Waals surface area contributed by atoms with E-state index in [2.05, 4.69) is 51.8 Å². The van der Waals surface area contributed by atoms with Gasteiger partial charge in [0.05, 0.1) is 16.6 Å². The van der Waals surface area contributed by atoms with Crippen molar-refractivity contribution in [2.24, 2.45) is 17.8 Å². The summed E-state index contributed by atoms with van der Waals surface area (Å²) in [5.41, 5.74) is 5.20.